The minimum Gasteiger partial charge on any atom is -0.393 e. The van der Waals surface area contributed by atoms with E-state index < -0.39 is 12.0 Å². The highest BCUT2D eigenvalue weighted by Gasteiger charge is 2.38. The SMILES string of the molecule is O[C@H]1CC[C@](F)(OCc2c(-c3c(Cl)cncc3Cl)noc2C2CC2)CC1. The summed E-state index contributed by atoms with van der Waals surface area (Å²) in [5, 5.41) is 14.4. The van der Waals surface area contributed by atoms with Crippen molar-refractivity contribution in [2.75, 3.05) is 0 Å². The maximum Gasteiger partial charge on any atom is 0.209 e. The molecular formula is C18H19Cl2FN2O3. The summed E-state index contributed by atoms with van der Waals surface area (Å²) >= 11 is 12.5. The van der Waals surface area contributed by atoms with Gasteiger partial charge in [-0.2, -0.15) is 0 Å². The number of aliphatic hydroxyl groups is 1. The molecule has 5 nitrogen and oxygen atoms in total. The molecule has 2 aliphatic rings. The lowest BCUT2D eigenvalue weighted by atomic mass is 9.93. The standard InChI is InChI=1S/C18H19Cl2FN2O3/c19-13-7-22-8-14(20)15(13)16-12(17(26-23-16)10-1-2-10)9-25-18(21)5-3-11(24)4-6-18/h7-8,10-11,24H,1-6,9H2/t11-,18-. The summed E-state index contributed by atoms with van der Waals surface area (Å²) in [6.07, 6.45) is 5.66. The van der Waals surface area contributed by atoms with Crippen LogP contribution < -0.4 is 0 Å². The van der Waals surface area contributed by atoms with Gasteiger partial charge in [0.25, 0.3) is 0 Å². The first kappa shape index (κ1) is 18.2. The molecule has 0 amide bonds. The molecule has 2 saturated carbocycles. The Bertz CT molecular complexity index is 781. The summed E-state index contributed by atoms with van der Waals surface area (Å²) in [5.41, 5.74) is 1.68. The molecule has 1 N–H and O–H groups in total. The smallest absolute Gasteiger partial charge is 0.209 e. The Hall–Kier alpha value is -1.21. The van der Waals surface area contributed by atoms with Gasteiger partial charge in [0.05, 0.1) is 22.8 Å². The Labute approximate surface area is 160 Å². The Balaban J connectivity index is 1.63. The van der Waals surface area contributed by atoms with Crippen LogP contribution in [0.5, 0.6) is 0 Å². The largest absolute Gasteiger partial charge is 0.393 e. The van der Waals surface area contributed by atoms with Gasteiger partial charge in [-0.15, -0.1) is 0 Å². The van der Waals surface area contributed by atoms with Gasteiger partial charge < -0.3 is 14.4 Å². The van der Waals surface area contributed by atoms with E-state index in [1.54, 1.807) is 0 Å². The molecule has 0 atom stereocenters. The molecular weight excluding hydrogens is 382 g/mol. The summed E-state index contributed by atoms with van der Waals surface area (Å²) in [4.78, 5) is 3.95. The van der Waals surface area contributed by atoms with E-state index in [0.29, 0.717) is 45.5 Å². The predicted molar refractivity (Wildman–Crippen MR) is 94.8 cm³/mol. The molecule has 0 bridgehead atoms. The van der Waals surface area contributed by atoms with Crippen LogP contribution in [0, 0.1) is 0 Å². The number of aliphatic hydroxyl groups excluding tert-OH is 1. The summed E-state index contributed by atoms with van der Waals surface area (Å²) < 4.78 is 26.1. The first-order valence-corrected chi connectivity index (χ1v) is 9.51. The zero-order valence-corrected chi connectivity index (χ0v) is 15.6. The van der Waals surface area contributed by atoms with E-state index in [2.05, 4.69) is 10.1 Å². The molecule has 0 aliphatic heterocycles. The number of aromatic nitrogens is 2. The molecule has 26 heavy (non-hydrogen) atoms. The summed E-state index contributed by atoms with van der Waals surface area (Å²) in [6, 6.07) is 0. The van der Waals surface area contributed by atoms with Crippen molar-refractivity contribution >= 4 is 23.2 Å². The molecule has 2 heterocycles. The fraction of sp³-hybridized carbons (Fsp3) is 0.556. The Morgan fingerprint density at radius 2 is 1.85 bits per heavy atom. The van der Waals surface area contributed by atoms with Crippen molar-refractivity contribution in [3.63, 3.8) is 0 Å². The molecule has 0 unspecified atom stereocenters. The monoisotopic (exact) mass is 400 g/mol. The third kappa shape index (κ3) is 3.60. The van der Waals surface area contributed by atoms with Crippen LogP contribution in [0.1, 0.15) is 55.8 Å². The number of ether oxygens (including phenoxy) is 1. The normalized spacial score (nSPS) is 26.2. The average molecular weight is 401 g/mol. The fourth-order valence-corrected chi connectivity index (χ4v) is 3.88. The third-order valence-electron chi connectivity index (χ3n) is 5.03. The van der Waals surface area contributed by atoms with E-state index in [1.165, 1.54) is 12.4 Å². The highest BCUT2D eigenvalue weighted by molar-refractivity contribution is 6.38. The van der Waals surface area contributed by atoms with Gasteiger partial charge in [-0.3, -0.25) is 4.98 Å². The van der Waals surface area contributed by atoms with Crippen LogP contribution >= 0.6 is 23.2 Å². The van der Waals surface area contributed by atoms with Crippen molar-refractivity contribution in [2.24, 2.45) is 0 Å². The number of halogens is 3. The highest BCUT2D eigenvalue weighted by atomic mass is 35.5. The molecule has 2 aliphatic carbocycles. The molecule has 0 radical (unpaired) electrons. The molecule has 0 saturated heterocycles. The Morgan fingerprint density at radius 1 is 1.19 bits per heavy atom. The molecule has 2 aromatic heterocycles. The first-order chi connectivity index (χ1) is 12.5. The maximum atomic E-state index is 14.9. The quantitative estimate of drug-likeness (QED) is 0.761. The lowest BCUT2D eigenvalue weighted by Crippen LogP contribution is -2.34. The Kier molecular flexibility index (Phi) is 4.94. The van der Waals surface area contributed by atoms with Crippen molar-refractivity contribution in [2.45, 2.75) is 63.0 Å². The van der Waals surface area contributed by atoms with Crippen molar-refractivity contribution < 1.29 is 18.8 Å². The van der Waals surface area contributed by atoms with Crippen LogP contribution in [-0.4, -0.2) is 27.2 Å². The molecule has 2 aromatic rings. The van der Waals surface area contributed by atoms with Crippen LogP contribution in [0.15, 0.2) is 16.9 Å². The van der Waals surface area contributed by atoms with Crippen LogP contribution in [0.3, 0.4) is 0 Å². The number of alkyl halides is 1. The third-order valence-corrected chi connectivity index (χ3v) is 5.61. The number of hydrogen-bond acceptors (Lipinski definition) is 5. The second-order valence-corrected chi connectivity index (χ2v) is 7.84. The minimum absolute atomic E-state index is 0.0201. The number of pyridine rings is 1. The second kappa shape index (κ2) is 7.08. The lowest BCUT2D eigenvalue weighted by molar-refractivity contribution is -0.183. The minimum atomic E-state index is -1.75. The molecule has 140 valence electrons. The van der Waals surface area contributed by atoms with Gasteiger partial charge in [-0.05, 0) is 25.7 Å². The zero-order valence-electron chi connectivity index (χ0n) is 14.1. The number of hydrogen-bond donors (Lipinski definition) is 1. The summed E-state index contributed by atoms with van der Waals surface area (Å²) in [7, 11) is 0. The summed E-state index contributed by atoms with van der Waals surface area (Å²) in [5.74, 6) is -0.762. The van der Waals surface area contributed by atoms with E-state index in [-0.39, 0.29) is 25.4 Å². The number of rotatable bonds is 5. The number of nitrogens with zero attached hydrogens (tertiary/aromatic N) is 2. The topological polar surface area (TPSA) is 68.4 Å². The van der Waals surface area contributed by atoms with Gasteiger partial charge in [0.2, 0.25) is 5.85 Å². The molecule has 0 spiro atoms. The van der Waals surface area contributed by atoms with Crippen LogP contribution in [0.2, 0.25) is 10.0 Å². The molecule has 4 rings (SSSR count). The Morgan fingerprint density at radius 3 is 2.46 bits per heavy atom. The van der Waals surface area contributed by atoms with Gasteiger partial charge in [0.15, 0.2) is 0 Å². The average Bonchev–Trinajstić information content (AvgIpc) is 3.37. The fourth-order valence-electron chi connectivity index (χ4n) is 3.34. The lowest BCUT2D eigenvalue weighted by Gasteiger charge is -2.31. The van der Waals surface area contributed by atoms with Crippen molar-refractivity contribution in [1.82, 2.24) is 10.1 Å². The van der Waals surface area contributed by atoms with Crippen molar-refractivity contribution in [3.8, 4) is 11.3 Å². The van der Waals surface area contributed by atoms with Crippen LogP contribution in [-0.2, 0) is 11.3 Å². The van der Waals surface area contributed by atoms with Gasteiger partial charge in [0, 0.05) is 42.3 Å². The van der Waals surface area contributed by atoms with Gasteiger partial charge >= 0.3 is 0 Å². The van der Waals surface area contributed by atoms with E-state index in [9.17, 15) is 9.50 Å². The van der Waals surface area contributed by atoms with E-state index in [1.807, 2.05) is 0 Å². The molecule has 0 aromatic carbocycles. The first-order valence-electron chi connectivity index (χ1n) is 8.75. The molecule has 2 fully saturated rings. The van der Waals surface area contributed by atoms with E-state index in [4.69, 9.17) is 32.5 Å². The highest BCUT2D eigenvalue weighted by Crippen LogP contribution is 2.46. The van der Waals surface area contributed by atoms with Gasteiger partial charge in [-0.1, -0.05) is 28.4 Å². The molecule has 8 heteroatoms. The van der Waals surface area contributed by atoms with Crippen molar-refractivity contribution in [1.29, 1.82) is 0 Å². The van der Waals surface area contributed by atoms with E-state index >= 15 is 0 Å². The predicted octanol–water partition coefficient (Wildman–Crippen LogP) is 5.04. The van der Waals surface area contributed by atoms with Gasteiger partial charge in [-0.25, -0.2) is 4.39 Å². The maximum absolute atomic E-state index is 14.9. The second-order valence-electron chi connectivity index (χ2n) is 7.03. The van der Waals surface area contributed by atoms with E-state index in [0.717, 1.165) is 12.8 Å². The van der Waals surface area contributed by atoms with Crippen molar-refractivity contribution in [3.05, 3.63) is 33.8 Å². The zero-order chi connectivity index (χ0) is 18.3. The van der Waals surface area contributed by atoms with Gasteiger partial charge in [0.1, 0.15) is 11.5 Å². The van der Waals surface area contributed by atoms with Crippen LogP contribution in [0.4, 0.5) is 4.39 Å². The van der Waals surface area contributed by atoms with Crippen LogP contribution in [0.25, 0.3) is 11.3 Å². The summed E-state index contributed by atoms with van der Waals surface area (Å²) in [6.45, 7) is 0.0201.